The molecule has 0 radical (unpaired) electrons. The molecule has 0 spiro atoms. The summed E-state index contributed by atoms with van der Waals surface area (Å²) in [5, 5.41) is 7.61. The number of hydrogen-bond donors (Lipinski definition) is 2. The zero-order valence-corrected chi connectivity index (χ0v) is 21.9. The molecule has 2 N–H and O–H groups in total. The molecule has 0 bridgehead atoms. The smallest absolute Gasteiger partial charge is 0.243 e. The van der Waals surface area contributed by atoms with Gasteiger partial charge < -0.3 is 10.6 Å². The van der Waals surface area contributed by atoms with Gasteiger partial charge in [0.1, 0.15) is 0 Å². The minimum Gasteiger partial charge on any atom is -0.349 e. The summed E-state index contributed by atoms with van der Waals surface area (Å²) >= 11 is 6.17. The van der Waals surface area contributed by atoms with Gasteiger partial charge in [0, 0.05) is 22.4 Å². The second kappa shape index (κ2) is 8.36. The number of benzene rings is 1. The average Bonchev–Trinajstić information content (AvgIpc) is 3.44. The number of carbonyl (C=O) groups is 2. The molecule has 5 aliphatic rings. The molecule has 1 aliphatic heterocycles. The first-order valence-corrected chi connectivity index (χ1v) is 14.2. The van der Waals surface area contributed by atoms with Crippen LogP contribution in [0.4, 0.5) is 0 Å². The van der Waals surface area contributed by atoms with Crippen molar-refractivity contribution in [1.29, 1.82) is 0 Å². The van der Waals surface area contributed by atoms with E-state index in [1.165, 1.54) is 12.0 Å². The Morgan fingerprint density at radius 2 is 1.71 bits per heavy atom. The molecule has 35 heavy (non-hydrogen) atoms. The fourth-order valence-corrected chi connectivity index (χ4v) is 9.45. The van der Waals surface area contributed by atoms with E-state index in [0.29, 0.717) is 17.8 Å². The molecule has 4 aliphatic carbocycles. The molecule has 1 aromatic carbocycles. The van der Waals surface area contributed by atoms with Crippen LogP contribution in [0.1, 0.15) is 83.6 Å². The van der Waals surface area contributed by atoms with Gasteiger partial charge in [-0.1, -0.05) is 56.5 Å². The Labute approximate surface area is 214 Å². The number of carbonyl (C=O) groups excluding carboxylic acids is 2. The van der Waals surface area contributed by atoms with Crippen molar-refractivity contribution in [2.75, 3.05) is 0 Å². The van der Waals surface area contributed by atoms with E-state index in [1.54, 1.807) is 6.08 Å². The Hall–Kier alpha value is -1.81. The fourth-order valence-electron chi connectivity index (χ4n) is 9.32. The third-order valence-corrected chi connectivity index (χ3v) is 11.5. The van der Waals surface area contributed by atoms with Crippen LogP contribution >= 0.6 is 11.6 Å². The highest BCUT2D eigenvalue weighted by Crippen LogP contribution is 2.65. The molecule has 2 amide bonds. The first-order chi connectivity index (χ1) is 16.8. The third-order valence-electron chi connectivity index (χ3n) is 11.2. The van der Waals surface area contributed by atoms with E-state index < -0.39 is 0 Å². The number of nitrogens with one attached hydrogen (secondary N) is 2. The summed E-state index contributed by atoms with van der Waals surface area (Å²) in [6.07, 6.45) is 14.9. The van der Waals surface area contributed by atoms with Crippen molar-refractivity contribution in [2.45, 2.75) is 89.6 Å². The van der Waals surface area contributed by atoms with Crippen LogP contribution in [-0.2, 0) is 15.1 Å². The van der Waals surface area contributed by atoms with E-state index in [9.17, 15) is 9.59 Å². The van der Waals surface area contributed by atoms with E-state index >= 15 is 0 Å². The summed E-state index contributed by atoms with van der Waals surface area (Å²) in [7, 11) is 0. The van der Waals surface area contributed by atoms with Crippen LogP contribution < -0.4 is 10.6 Å². The summed E-state index contributed by atoms with van der Waals surface area (Å²) in [6.45, 7) is 4.78. The maximum Gasteiger partial charge on any atom is 0.243 e. The lowest BCUT2D eigenvalue weighted by Gasteiger charge is -2.58. The van der Waals surface area contributed by atoms with Crippen LogP contribution in [-0.4, -0.2) is 17.9 Å². The summed E-state index contributed by atoms with van der Waals surface area (Å²) < 4.78 is 0. The van der Waals surface area contributed by atoms with Gasteiger partial charge in [-0.2, -0.15) is 0 Å². The van der Waals surface area contributed by atoms with E-state index in [1.807, 2.05) is 12.1 Å². The van der Waals surface area contributed by atoms with Crippen LogP contribution in [0.2, 0.25) is 5.02 Å². The molecule has 0 aromatic heterocycles. The second-order valence-electron chi connectivity index (χ2n) is 12.7. The molecule has 4 fully saturated rings. The Kier molecular flexibility index (Phi) is 5.63. The monoisotopic (exact) mass is 494 g/mol. The van der Waals surface area contributed by atoms with E-state index in [2.05, 4.69) is 42.7 Å². The topological polar surface area (TPSA) is 58.2 Å². The van der Waals surface area contributed by atoms with Crippen molar-refractivity contribution >= 4 is 23.4 Å². The molecule has 1 heterocycles. The number of rotatable bonds is 3. The van der Waals surface area contributed by atoms with Gasteiger partial charge in [-0.3, -0.25) is 9.59 Å². The summed E-state index contributed by atoms with van der Waals surface area (Å²) in [4.78, 5) is 26.0. The number of amides is 2. The van der Waals surface area contributed by atoms with E-state index in [0.717, 1.165) is 62.8 Å². The van der Waals surface area contributed by atoms with Crippen molar-refractivity contribution in [1.82, 2.24) is 10.6 Å². The van der Waals surface area contributed by atoms with Crippen LogP contribution in [0.3, 0.4) is 0 Å². The van der Waals surface area contributed by atoms with Gasteiger partial charge in [0.25, 0.3) is 0 Å². The van der Waals surface area contributed by atoms with Crippen LogP contribution in [0, 0.1) is 34.5 Å². The minimum absolute atomic E-state index is 0.0427. The predicted molar refractivity (Wildman–Crippen MR) is 139 cm³/mol. The molecule has 4 nitrogen and oxygen atoms in total. The maximum atomic E-state index is 14.0. The molecule has 0 saturated heterocycles. The number of hydrogen-bond acceptors (Lipinski definition) is 2. The second-order valence-corrected chi connectivity index (χ2v) is 13.1. The molecule has 7 atom stereocenters. The zero-order chi connectivity index (χ0) is 24.4. The summed E-state index contributed by atoms with van der Waals surface area (Å²) in [5.74, 6) is 2.25. The maximum absolute atomic E-state index is 14.0. The molecule has 188 valence electrons. The Bertz CT molecular complexity index is 1040. The summed E-state index contributed by atoms with van der Waals surface area (Å²) in [6, 6.07) is 8.38. The molecule has 4 unspecified atom stereocenters. The Morgan fingerprint density at radius 3 is 2.46 bits per heavy atom. The van der Waals surface area contributed by atoms with Gasteiger partial charge in [0.15, 0.2) is 0 Å². The van der Waals surface area contributed by atoms with Crippen molar-refractivity contribution < 1.29 is 9.59 Å². The highest BCUT2D eigenvalue weighted by molar-refractivity contribution is 6.30. The predicted octanol–water partition coefficient (Wildman–Crippen LogP) is 6.14. The lowest BCUT2D eigenvalue weighted by atomic mass is 9.48. The SMILES string of the molecule is C[C@]12C=CC(=O)NC1CCC1C2CC[C@@]2(C)C1CC[C@@H]2C(=O)NC1(c2ccc(Cl)cc2)CCCC1. The molecule has 5 heteroatoms. The van der Waals surface area contributed by atoms with Gasteiger partial charge >= 0.3 is 0 Å². The van der Waals surface area contributed by atoms with E-state index in [-0.39, 0.29) is 40.1 Å². The highest BCUT2D eigenvalue weighted by atomic mass is 35.5. The average molecular weight is 495 g/mol. The quantitative estimate of drug-likeness (QED) is 0.530. The first kappa shape index (κ1) is 23.6. The normalized spacial score (nSPS) is 41.5. The van der Waals surface area contributed by atoms with Gasteiger partial charge in [-0.15, -0.1) is 0 Å². The fraction of sp³-hybridized carbons (Fsp3) is 0.667. The first-order valence-electron chi connectivity index (χ1n) is 13.8. The standard InChI is InChI=1S/C30H39ClN2O2/c1-28-17-13-23-21(9-12-25-29(23,2)18-14-26(34)32-25)22(28)10-11-24(28)27(35)33-30(15-3-4-16-30)19-5-7-20(31)8-6-19/h5-8,14,18,21-25H,3-4,9-13,15-17H2,1-2H3,(H,32,34)(H,33,35)/t21?,22?,23?,24-,25?,28+,29-/m1/s1. The molecular weight excluding hydrogens is 456 g/mol. The summed E-state index contributed by atoms with van der Waals surface area (Å²) in [5.41, 5.74) is 1.06. The molecular formula is C30H39ClN2O2. The number of fused-ring (bicyclic) bond motifs is 5. The molecule has 6 rings (SSSR count). The molecule has 1 aromatic rings. The lowest BCUT2D eigenvalue weighted by molar-refractivity contribution is -0.136. The lowest BCUT2D eigenvalue weighted by Crippen LogP contribution is -2.59. The van der Waals surface area contributed by atoms with Crippen LogP contribution in [0.5, 0.6) is 0 Å². The van der Waals surface area contributed by atoms with Crippen molar-refractivity contribution in [3.63, 3.8) is 0 Å². The van der Waals surface area contributed by atoms with Gasteiger partial charge in [-0.05, 0) is 98.3 Å². The van der Waals surface area contributed by atoms with E-state index in [4.69, 9.17) is 11.6 Å². The Morgan fingerprint density at radius 1 is 0.971 bits per heavy atom. The van der Waals surface area contributed by atoms with Gasteiger partial charge in [-0.25, -0.2) is 0 Å². The highest BCUT2D eigenvalue weighted by Gasteiger charge is 2.61. The van der Waals surface area contributed by atoms with Crippen LogP contribution in [0.25, 0.3) is 0 Å². The largest absolute Gasteiger partial charge is 0.349 e. The van der Waals surface area contributed by atoms with Crippen LogP contribution in [0.15, 0.2) is 36.4 Å². The number of halogens is 1. The zero-order valence-electron chi connectivity index (χ0n) is 21.1. The third kappa shape index (κ3) is 3.61. The van der Waals surface area contributed by atoms with Crippen molar-refractivity contribution in [3.05, 3.63) is 47.0 Å². The van der Waals surface area contributed by atoms with Crippen molar-refractivity contribution in [2.24, 2.45) is 34.5 Å². The van der Waals surface area contributed by atoms with Gasteiger partial charge in [0.2, 0.25) is 11.8 Å². The van der Waals surface area contributed by atoms with Crippen molar-refractivity contribution in [3.8, 4) is 0 Å². The Balaban J connectivity index is 1.23. The molecule has 4 saturated carbocycles. The van der Waals surface area contributed by atoms with Gasteiger partial charge in [0.05, 0.1) is 5.54 Å². The minimum atomic E-state index is -0.246.